The van der Waals surface area contributed by atoms with Crippen molar-refractivity contribution in [3.05, 3.63) is 42.1 Å². The Bertz CT molecular complexity index is 753. The van der Waals surface area contributed by atoms with Crippen molar-refractivity contribution in [1.29, 1.82) is 0 Å². The van der Waals surface area contributed by atoms with Gasteiger partial charge in [0.1, 0.15) is 11.9 Å². The molecule has 1 atom stereocenters. The molecule has 0 aliphatic carbocycles. The monoisotopic (exact) mass is 357 g/mol. The number of likely N-dealkylation sites (tertiary alicyclic amines) is 1. The first kappa shape index (κ1) is 17.0. The molecule has 4 rings (SSSR count). The lowest BCUT2D eigenvalue weighted by Gasteiger charge is -2.45. The summed E-state index contributed by atoms with van der Waals surface area (Å²) >= 11 is 0. The smallest absolute Gasteiger partial charge is 0.316 e. The summed E-state index contributed by atoms with van der Waals surface area (Å²) in [6, 6.07) is 3.92. The molecule has 2 fully saturated rings. The van der Waals surface area contributed by atoms with Gasteiger partial charge >= 0.3 is 6.01 Å². The van der Waals surface area contributed by atoms with Crippen LogP contribution in [0.4, 0.5) is 0 Å². The molecule has 26 heavy (non-hydrogen) atoms. The van der Waals surface area contributed by atoms with Gasteiger partial charge in [-0.1, -0.05) is 0 Å². The molecule has 0 bridgehead atoms. The third-order valence-electron chi connectivity index (χ3n) is 5.31. The van der Waals surface area contributed by atoms with Crippen molar-refractivity contribution in [1.82, 2.24) is 14.9 Å². The van der Waals surface area contributed by atoms with Gasteiger partial charge in [0.05, 0.1) is 24.0 Å². The normalized spacial score (nSPS) is 22.3. The van der Waals surface area contributed by atoms with Gasteiger partial charge in [-0.3, -0.25) is 4.79 Å². The largest absolute Gasteiger partial charge is 0.469 e. The van der Waals surface area contributed by atoms with Gasteiger partial charge in [-0.15, -0.1) is 0 Å². The van der Waals surface area contributed by atoms with E-state index in [9.17, 15) is 4.79 Å². The first-order valence-electron chi connectivity index (χ1n) is 9.06. The molecule has 7 nitrogen and oxygen atoms in total. The molecular weight excluding hydrogens is 334 g/mol. The summed E-state index contributed by atoms with van der Waals surface area (Å²) in [7, 11) is 0. The summed E-state index contributed by atoms with van der Waals surface area (Å²) in [5, 5.41) is 0. The fourth-order valence-electron chi connectivity index (χ4n) is 3.82. The third kappa shape index (κ3) is 3.44. The molecule has 1 amide bonds. The molecule has 2 aliphatic rings. The second-order valence-electron chi connectivity index (χ2n) is 6.98. The van der Waals surface area contributed by atoms with Crippen LogP contribution in [-0.4, -0.2) is 52.2 Å². The molecule has 0 radical (unpaired) electrons. The molecular formula is C19H23N3O4. The third-order valence-corrected chi connectivity index (χ3v) is 5.31. The van der Waals surface area contributed by atoms with Crippen LogP contribution in [0, 0.1) is 6.92 Å². The minimum Gasteiger partial charge on any atom is -0.469 e. The highest BCUT2D eigenvalue weighted by Crippen LogP contribution is 2.36. The molecule has 2 aliphatic heterocycles. The highest BCUT2D eigenvalue weighted by Gasteiger charge is 2.42. The van der Waals surface area contributed by atoms with Gasteiger partial charge in [-0.2, -0.15) is 0 Å². The van der Waals surface area contributed by atoms with E-state index in [1.54, 1.807) is 30.8 Å². The van der Waals surface area contributed by atoms with Gasteiger partial charge in [0.25, 0.3) is 5.91 Å². The minimum absolute atomic E-state index is 0.0346. The molecule has 1 spiro atoms. The van der Waals surface area contributed by atoms with E-state index >= 15 is 0 Å². The van der Waals surface area contributed by atoms with E-state index in [4.69, 9.17) is 13.9 Å². The van der Waals surface area contributed by atoms with Crippen molar-refractivity contribution < 1.29 is 18.7 Å². The minimum atomic E-state index is -0.222. The Morgan fingerprint density at radius 3 is 2.77 bits per heavy atom. The van der Waals surface area contributed by atoms with E-state index in [0.29, 0.717) is 37.0 Å². The summed E-state index contributed by atoms with van der Waals surface area (Å²) in [5.41, 5.74) is 0.424. The number of aryl methyl sites for hydroxylation is 1. The van der Waals surface area contributed by atoms with Crippen LogP contribution in [0.5, 0.6) is 6.01 Å². The molecule has 1 unspecified atom stereocenters. The fourth-order valence-corrected chi connectivity index (χ4v) is 3.82. The van der Waals surface area contributed by atoms with Crippen LogP contribution in [0.2, 0.25) is 0 Å². The van der Waals surface area contributed by atoms with Crippen molar-refractivity contribution >= 4 is 5.91 Å². The topological polar surface area (TPSA) is 77.7 Å². The zero-order valence-corrected chi connectivity index (χ0v) is 14.9. The summed E-state index contributed by atoms with van der Waals surface area (Å²) in [6.45, 7) is 3.83. The van der Waals surface area contributed by atoms with Gasteiger partial charge < -0.3 is 18.8 Å². The Hall–Kier alpha value is -2.41. The lowest BCUT2D eigenvalue weighted by molar-refractivity contribution is -0.136. The molecule has 4 heterocycles. The van der Waals surface area contributed by atoms with Crippen LogP contribution >= 0.6 is 0 Å². The van der Waals surface area contributed by atoms with Crippen LogP contribution in [0.1, 0.15) is 41.8 Å². The Balaban J connectivity index is 1.37. The maximum Gasteiger partial charge on any atom is 0.316 e. The standard InChI is InChI=1S/C19H23N3O4/c1-14-16(4-11-24-14)17(23)22-9-5-19(6-10-22)13-15(3-12-25-19)26-18-20-7-2-8-21-18/h2,4,7-8,11,15H,3,5-6,9-10,12-13H2,1H3. The van der Waals surface area contributed by atoms with Crippen molar-refractivity contribution in [2.75, 3.05) is 19.7 Å². The Morgan fingerprint density at radius 2 is 2.08 bits per heavy atom. The predicted molar refractivity (Wildman–Crippen MR) is 92.9 cm³/mol. The second kappa shape index (κ2) is 7.07. The van der Waals surface area contributed by atoms with Gasteiger partial charge in [-0.25, -0.2) is 9.97 Å². The van der Waals surface area contributed by atoms with E-state index in [-0.39, 0.29) is 17.6 Å². The molecule has 0 N–H and O–H groups in total. The fraction of sp³-hybridized carbons (Fsp3) is 0.526. The molecule has 2 saturated heterocycles. The maximum absolute atomic E-state index is 12.6. The lowest BCUT2D eigenvalue weighted by Crippen LogP contribution is -2.52. The first-order chi connectivity index (χ1) is 12.7. The van der Waals surface area contributed by atoms with Crippen molar-refractivity contribution in [2.24, 2.45) is 0 Å². The predicted octanol–water partition coefficient (Wildman–Crippen LogP) is 2.61. The number of aromatic nitrogens is 2. The molecule has 0 saturated carbocycles. The zero-order chi connectivity index (χ0) is 18.0. The van der Waals surface area contributed by atoms with Crippen LogP contribution in [0.3, 0.4) is 0 Å². The number of furan rings is 1. The second-order valence-corrected chi connectivity index (χ2v) is 6.98. The van der Waals surface area contributed by atoms with Crippen molar-refractivity contribution in [3.63, 3.8) is 0 Å². The van der Waals surface area contributed by atoms with Gasteiger partial charge in [0.15, 0.2) is 0 Å². The average Bonchev–Trinajstić information content (AvgIpc) is 3.09. The van der Waals surface area contributed by atoms with Gasteiger partial charge in [0, 0.05) is 38.3 Å². The SMILES string of the molecule is Cc1occc1C(=O)N1CCC2(CC1)CC(Oc1ncccn1)CCO2. The number of hydrogen-bond acceptors (Lipinski definition) is 6. The molecule has 2 aromatic heterocycles. The highest BCUT2D eigenvalue weighted by atomic mass is 16.5. The molecule has 138 valence electrons. The lowest BCUT2D eigenvalue weighted by atomic mass is 9.83. The maximum atomic E-state index is 12.6. The van der Waals surface area contributed by atoms with Crippen LogP contribution in [0.25, 0.3) is 0 Å². The number of amides is 1. The summed E-state index contributed by atoms with van der Waals surface area (Å²) in [5.74, 6) is 0.702. The van der Waals surface area contributed by atoms with Crippen molar-refractivity contribution in [2.45, 2.75) is 44.3 Å². The molecule has 0 aromatic carbocycles. The number of hydrogen-bond donors (Lipinski definition) is 0. The van der Waals surface area contributed by atoms with E-state index in [1.165, 1.54) is 0 Å². The van der Waals surface area contributed by atoms with Gasteiger partial charge in [0.2, 0.25) is 0 Å². The quantitative estimate of drug-likeness (QED) is 0.840. The summed E-state index contributed by atoms with van der Waals surface area (Å²) < 4.78 is 17.3. The number of rotatable bonds is 3. The number of piperidine rings is 1. The Morgan fingerprint density at radius 1 is 1.31 bits per heavy atom. The Kier molecular flexibility index (Phi) is 4.63. The van der Waals surface area contributed by atoms with Crippen LogP contribution in [0.15, 0.2) is 35.2 Å². The van der Waals surface area contributed by atoms with E-state index in [1.807, 2.05) is 11.8 Å². The van der Waals surface area contributed by atoms with Gasteiger partial charge in [-0.05, 0) is 31.9 Å². The van der Waals surface area contributed by atoms with E-state index < -0.39 is 0 Å². The van der Waals surface area contributed by atoms with Crippen LogP contribution in [-0.2, 0) is 4.74 Å². The number of nitrogens with zero attached hydrogens (tertiary/aromatic N) is 3. The summed E-state index contributed by atoms with van der Waals surface area (Å²) in [4.78, 5) is 22.8. The van der Waals surface area contributed by atoms with Crippen molar-refractivity contribution in [3.8, 4) is 6.01 Å². The number of carbonyl (C=O) groups excluding carboxylic acids is 1. The average molecular weight is 357 g/mol. The Labute approximate surface area is 152 Å². The first-order valence-corrected chi connectivity index (χ1v) is 9.06. The molecule has 2 aromatic rings. The number of ether oxygens (including phenoxy) is 2. The zero-order valence-electron chi connectivity index (χ0n) is 14.9. The van der Waals surface area contributed by atoms with Crippen LogP contribution < -0.4 is 4.74 Å². The number of carbonyl (C=O) groups is 1. The van der Waals surface area contributed by atoms with E-state index in [0.717, 1.165) is 25.7 Å². The highest BCUT2D eigenvalue weighted by molar-refractivity contribution is 5.95. The summed E-state index contributed by atoms with van der Waals surface area (Å²) in [6.07, 6.45) is 8.22. The molecule has 7 heteroatoms. The van der Waals surface area contributed by atoms with E-state index in [2.05, 4.69) is 9.97 Å².